The molecule has 1 saturated heterocycles. The average Bonchev–Trinajstić information content (AvgIpc) is 3.39. The first-order chi connectivity index (χ1) is 18.3. The smallest absolute Gasteiger partial charge is 0.253 e. The van der Waals surface area contributed by atoms with Crippen LogP contribution in [0.5, 0.6) is 0 Å². The summed E-state index contributed by atoms with van der Waals surface area (Å²) in [7, 11) is 0. The number of amides is 1. The second-order valence-corrected chi connectivity index (χ2v) is 10.5. The van der Waals surface area contributed by atoms with E-state index >= 15 is 0 Å². The molecule has 0 saturated carbocycles. The Labute approximate surface area is 229 Å². The predicted molar refractivity (Wildman–Crippen MR) is 153 cm³/mol. The quantitative estimate of drug-likeness (QED) is 0.260. The fraction of sp³-hybridized carbons (Fsp3) is 0.355. The minimum absolute atomic E-state index is 0.0345. The SMILES string of the molecule is CCN(CC)C(=O)c1ccc(-c2cc3nccc(-c4ccc(C(C)(C)N5CCOCC5)c(Cl)c4)c3o2)cc1. The minimum Gasteiger partial charge on any atom is -0.454 e. The first kappa shape index (κ1) is 26.4. The van der Waals surface area contributed by atoms with E-state index in [1.54, 1.807) is 6.20 Å². The molecule has 0 atom stereocenters. The summed E-state index contributed by atoms with van der Waals surface area (Å²) < 4.78 is 11.9. The number of rotatable bonds is 7. The van der Waals surface area contributed by atoms with Crippen molar-refractivity contribution in [2.45, 2.75) is 33.2 Å². The second-order valence-electron chi connectivity index (χ2n) is 10.1. The Morgan fingerprint density at radius 3 is 2.34 bits per heavy atom. The van der Waals surface area contributed by atoms with E-state index in [0.717, 1.165) is 59.1 Å². The predicted octanol–water partition coefficient (Wildman–Crippen LogP) is 6.86. The van der Waals surface area contributed by atoms with Crippen LogP contribution < -0.4 is 0 Å². The molecule has 6 nitrogen and oxygen atoms in total. The van der Waals surface area contributed by atoms with E-state index in [2.05, 4.69) is 35.9 Å². The topological polar surface area (TPSA) is 58.8 Å². The maximum absolute atomic E-state index is 12.7. The van der Waals surface area contributed by atoms with Crippen LogP contribution in [0, 0.1) is 0 Å². The van der Waals surface area contributed by atoms with Crippen LogP contribution in [0.2, 0.25) is 5.02 Å². The molecule has 2 aromatic carbocycles. The molecule has 3 heterocycles. The second kappa shape index (κ2) is 10.9. The van der Waals surface area contributed by atoms with Crippen molar-refractivity contribution in [3.05, 3.63) is 76.9 Å². The Hall–Kier alpha value is -3.19. The number of carbonyl (C=O) groups is 1. The summed E-state index contributed by atoms with van der Waals surface area (Å²) in [5.74, 6) is 0.741. The maximum Gasteiger partial charge on any atom is 0.253 e. The highest BCUT2D eigenvalue weighted by atomic mass is 35.5. The van der Waals surface area contributed by atoms with Gasteiger partial charge in [-0.1, -0.05) is 35.9 Å². The fourth-order valence-electron chi connectivity index (χ4n) is 5.25. The third-order valence-electron chi connectivity index (χ3n) is 7.62. The van der Waals surface area contributed by atoms with Gasteiger partial charge in [-0.05, 0) is 63.1 Å². The Kier molecular flexibility index (Phi) is 7.57. The third-order valence-corrected chi connectivity index (χ3v) is 7.93. The highest BCUT2D eigenvalue weighted by Crippen LogP contribution is 2.39. The van der Waals surface area contributed by atoms with Crippen molar-refractivity contribution < 1.29 is 13.9 Å². The minimum atomic E-state index is -0.205. The van der Waals surface area contributed by atoms with E-state index in [1.165, 1.54) is 0 Å². The van der Waals surface area contributed by atoms with Crippen LogP contribution in [0.25, 0.3) is 33.6 Å². The molecular weight excluding hydrogens is 498 g/mol. The molecule has 0 radical (unpaired) electrons. The van der Waals surface area contributed by atoms with Gasteiger partial charge in [-0.2, -0.15) is 0 Å². The Balaban J connectivity index is 1.45. The lowest BCUT2D eigenvalue weighted by Crippen LogP contribution is -2.48. The number of hydrogen-bond acceptors (Lipinski definition) is 5. The van der Waals surface area contributed by atoms with Crippen molar-refractivity contribution in [3.8, 4) is 22.5 Å². The van der Waals surface area contributed by atoms with Crippen LogP contribution in [0.4, 0.5) is 0 Å². The molecule has 38 heavy (non-hydrogen) atoms. The summed E-state index contributed by atoms with van der Waals surface area (Å²) in [6, 6.07) is 17.7. The van der Waals surface area contributed by atoms with Crippen LogP contribution in [0.15, 0.2) is 65.2 Å². The average molecular weight is 532 g/mol. The van der Waals surface area contributed by atoms with Gasteiger partial charge in [-0.25, -0.2) is 0 Å². The largest absolute Gasteiger partial charge is 0.454 e. The normalized spacial score (nSPS) is 14.7. The summed E-state index contributed by atoms with van der Waals surface area (Å²) in [5, 5.41) is 0.726. The summed E-state index contributed by atoms with van der Waals surface area (Å²) in [5.41, 5.74) is 5.85. The highest BCUT2D eigenvalue weighted by Gasteiger charge is 2.32. The summed E-state index contributed by atoms with van der Waals surface area (Å²) >= 11 is 6.88. The summed E-state index contributed by atoms with van der Waals surface area (Å²) in [6.07, 6.45) is 1.79. The van der Waals surface area contributed by atoms with Gasteiger partial charge in [0.25, 0.3) is 5.91 Å². The number of ether oxygens (including phenoxy) is 1. The molecule has 1 aliphatic rings. The van der Waals surface area contributed by atoms with Gasteiger partial charge in [-0.15, -0.1) is 0 Å². The molecule has 0 N–H and O–H groups in total. The van der Waals surface area contributed by atoms with Crippen LogP contribution in [-0.2, 0) is 10.3 Å². The number of benzene rings is 2. The molecular formula is C31H34ClN3O3. The van der Waals surface area contributed by atoms with Gasteiger partial charge in [0.2, 0.25) is 0 Å². The zero-order valence-corrected chi connectivity index (χ0v) is 23.2. The lowest BCUT2D eigenvalue weighted by Gasteiger charge is -2.41. The molecule has 2 aromatic heterocycles. The molecule has 7 heteroatoms. The number of halogens is 1. The summed E-state index contributed by atoms with van der Waals surface area (Å²) in [6.45, 7) is 13.0. The van der Waals surface area contributed by atoms with E-state index in [0.29, 0.717) is 30.0 Å². The number of furan rings is 1. The van der Waals surface area contributed by atoms with E-state index in [4.69, 9.17) is 20.8 Å². The van der Waals surface area contributed by atoms with Crippen molar-refractivity contribution in [2.75, 3.05) is 39.4 Å². The molecule has 4 aromatic rings. The lowest BCUT2D eigenvalue weighted by atomic mass is 9.90. The fourth-order valence-corrected chi connectivity index (χ4v) is 5.66. The molecule has 0 unspecified atom stereocenters. The van der Waals surface area contributed by atoms with Crippen LogP contribution in [0.1, 0.15) is 43.6 Å². The molecule has 198 valence electrons. The molecule has 5 rings (SSSR count). The maximum atomic E-state index is 12.7. The first-order valence-corrected chi connectivity index (χ1v) is 13.6. The van der Waals surface area contributed by atoms with Crippen molar-refractivity contribution >= 4 is 28.6 Å². The third kappa shape index (κ3) is 4.96. The molecule has 1 fully saturated rings. The number of pyridine rings is 1. The van der Waals surface area contributed by atoms with Crippen molar-refractivity contribution in [1.82, 2.24) is 14.8 Å². The van der Waals surface area contributed by atoms with Gasteiger partial charge < -0.3 is 14.1 Å². The van der Waals surface area contributed by atoms with Crippen LogP contribution >= 0.6 is 11.6 Å². The monoisotopic (exact) mass is 531 g/mol. The van der Waals surface area contributed by atoms with Crippen LogP contribution in [-0.4, -0.2) is 60.1 Å². The van der Waals surface area contributed by atoms with Gasteiger partial charge in [0.1, 0.15) is 11.3 Å². The standard InChI is InChI=1S/C31H34ClN3O3/c1-5-34(6-2)30(36)22-9-7-21(8-10-22)28-20-27-29(38-28)24(13-14-33-27)23-11-12-25(26(32)19-23)31(3,4)35-15-17-37-18-16-35/h7-14,19-20H,5-6,15-18H2,1-4H3. The molecule has 0 bridgehead atoms. The number of aromatic nitrogens is 1. The molecule has 1 amide bonds. The Morgan fingerprint density at radius 1 is 1.00 bits per heavy atom. The zero-order chi connectivity index (χ0) is 26.9. The summed E-state index contributed by atoms with van der Waals surface area (Å²) in [4.78, 5) is 21.4. The van der Waals surface area contributed by atoms with Crippen molar-refractivity contribution in [1.29, 1.82) is 0 Å². The van der Waals surface area contributed by atoms with E-state index in [9.17, 15) is 4.79 Å². The molecule has 1 aliphatic heterocycles. The molecule has 0 aliphatic carbocycles. The Morgan fingerprint density at radius 2 is 1.68 bits per heavy atom. The van der Waals surface area contributed by atoms with Crippen LogP contribution in [0.3, 0.4) is 0 Å². The van der Waals surface area contributed by atoms with Crippen molar-refractivity contribution in [3.63, 3.8) is 0 Å². The Bertz CT molecular complexity index is 1430. The van der Waals surface area contributed by atoms with Gasteiger partial charge in [0.15, 0.2) is 5.58 Å². The van der Waals surface area contributed by atoms with E-state index in [1.807, 2.05) is 61.2 Å². The van der Waals surface area contributed by atoms with E-state index in [-0.39, 0.29) is 11.4 Å². The highest BCUT2D eigenvalue weighted by molar-refractivity contribution is 6.31. The molecule has 0 spiro atoms. The number of hydrogen-bond donors (Lipinski definition) is 0. The van der Waals surface area contributed by atoms with Gasteiger partial charge >= 0.3 is 0 Å². The number of carbonyl (C=O) groups excluding carboxylic acids is 1. The zero-order valence-electron chi connectivity index (χ0n) is 22.5. The van der Waals surface area contributed by atoms with Crippen molar-refractivity contribution in [2.24, 2.45) is 0 Å². The number of morpholine rings is 1. The van der Waals surface area contributed by atoms with Gasteiger partial charge in [-0.3, -0.25) is 14.7 Å². The lowest BCUT2D eigenvalue weighted by molar-refractivity contribution is -0.0117. The van der Waals surface area contributed by atoms with Gasteiger partial charge in [0, 0.05) is 65.7 Å². The van der Waals surface area contributed by atoms with E-state index < -0.39 is 0 Å². The first-order valence-electron chi connectivity index (χ1n) is 13.2. The van der Waals surface area contributed by atoms with Gasteiger partial charge in [0.05, 0.1) is 13.2 Å². The number of fused-ring (bicyclic) bond motifs is 1. The number of nitrogens with zero attached hydrogens (tertiary/aromatic N) is 3.